The van der Waals surface area contributed by atoms with Crippen LogP contribution in [0.1, 0.15) is 18.1 Å². The molecule has 0 aliphatic carbocycles. The number of amides is 1. The van der Waals surface area contributed by atoms with Crippen LogP contribution in [-0.4, -0.2) is 12.7 Å². The molecule has 0 spiro atoms. The summed E-state index contributed by atoms with van der Waals surface area (Å²) in [6, 6.07) is 15.8. The zero-order valence-corrected chi connectivity index (χ0v) is 12.3. The Morgan fingerprint density at radius 1 is 1.05 bits per heavy atom. The summed E-state index contributed by atoms with van der Waals surface area (Å²) in [4.78, 5) is 11.3. The highest BCUT2D eigenvalue weighted by molar-refractivity contribution is 5.84. The summed E-state index contributed by atoms with van der Waals surface area (Å²) >= 11 is 0. The van der Waals surface area contributed by atoms with Crippen LogP contribution in [0.3, 0.4) is 0 Å². The van der Waals surface area contributed by atoms with Gasteiger partial charge in [-0.2, -0.15) is 0 Å². The minimum Gasteiger partial charge on any atom is -0.450 e. The van der Waals surface area contributed by atoms with Crippen LogP contribution in [0.4, 0.5) is 16.2 Å². The van der Waals surface area contributed by atoms with E-state index in [1.54, 1.807) is 6.92 Å². The Morgan fingerprint density at radius 2 is 1.71 bits per heavy atom. The van der Waals surface area contributed by atoms with E-state index in [1.165, 1.54) is 11.1 Å². The SMILES string of the molecule is CCOC(=O)Nc1ccc(NCc2ccccc2C)cc1. The summed E-state index contributed by atoms with van der Waals surface area (Å²) in [7, 11) is 0. The van der Waals surface area contributed by atoms with Crippen molar-refractivity contribution in [2.75, 3.05) is 17.2 Å². The average Bonchev–Trinajstić information content (AvgIpc) is 2.48. The Hall–Kier alpha value is -2.49. The van der Waals surface area contributed by atoms with Crippen LogP contribution in [0.25, 0.3) is 0 Å². The van der Waals surface area contributed by atoms with Gasteiger partial charge in [-0.15, -0.1) is 0 Å². The maximum absolute atomic E-state index is 11.3. The molecule has 0 aromatic heterocycles. The normalized spacial score (nSPS) is 10.0. The van der Waals surface area contributed by atoms with Gasteiger partial charge < -0.3 is 10.1 Å². The second kappa shape index (κ2) is 7.33. The zero-order valence-electron chi connectivity index (χ0n) is 12.3. The van der Waals surface area contributed by atoms with E-state index in [9.17, 15) is 4.79 Å². The second-order valence-corrected chi connectivity index (χ2v) is 4.70. The molecule has 2 aromatic carbocycles. The van der Waals surface area contributed by atoms with Gasteiger partial charge in [0.25, 0.3) is 0 Å². The van der Waals surface area contributed by atoms with Gasteiger partial charge in [0, 0.05) is 17.9 Å². The lowest BCUT2D eigenvalue weighted by atomic mass is 10.1. The number of carbonyl (C=O) groups is 1. The third-order valence-electron chi connectivity index (χ3n) is 3.15. The monoisotopic (exact) mass is 284 g/mol. The number of carbonyl (C=O) groups excluding carboxylic acids is 1. The van der Waals surface area contributed by atoms with Gasteiger partial charge in [0.05, 0.1) is 6.61 Å². The highest BCUT2D eigenvalue weighted by Gasteiger charge is 2.02. The van der Waals surface area contributed by atoms with Crippen LogP contribution < -0.4 is 10.6 Å². The fourth-order valence-corrected chi connectivity index (χ4v) is 1.96. The van der Waals surface area contributed by atoms with Crippen LogP contribution >= 0.6 is 0 Å². The first-order chi connectivity index (χ1) is 10.2. The molecule has 0 atom stereocenters. The first-order valence-corrected chi connectivity index (χ1v) is 7.01. The minimum absolute atomic E-state index is 0.363. The van der Waals surface area contributed by atoms with Crippen molar-refractivity contribution < 1.29 is 9.53 Å². The van der Waals surface area contributed by atoms with Gasteiger partial charge in [-0.3, -0.25) is 5.32 Å². The smallest absolute Gasteiger partial charge is 0.411 e. The molecule has 110 valence electrons. The Morgan fingerprint density at radius 3 is 2.38 bits per heavy atom. The molecule has 2 rings (SSSR count). The summed E-state index contributed by atoms with van der Waals surface area (Å²) in [5.41, 5.74) is 4.26. The number of ether oxygens (including phenoxy) is 1. The van der Waals surface area contributed by atoms with Crippen molar-refractivity contribution in [1.82, 2.24) is 0 Å². The predicted molar refractivity (Wildman–Crippen MR) is 85.6 cm³/mol. The number of hydrogen-bond acceptors (Lipinski definition) is 3. The molecule has 1 amide bonds. The van der Waals surface area contributed by atoms with Crippen molar-refractivity contribution in [3.05, 3.63) is 59.7 Å². The van der Waals surface area contributed by atoms with E-state index >= 15 is 0 Å². The van der Waals surface area contributed by atoms with E-state index in [2.05, 4.69) is 29.7 Å². The number of benzene rings is 2. The number of aryl methyl sites for hydroxylation is 1. The fraction of sp³-hybridized carbons (Fsp3) is 0.235. The number of hydrogen-bond donors (Lipinski definition) is 2. The van der Waals surface area contributed by atoms with Gasteiger partial charge >= 0.3 is 6.09 Å². The van der Waals surface area contributed by atoms with Crippen molar-refractivity contribution >= 4 is 17.5 Å². The summed E-state index contributed by atoms with van der Waals surface area (Å²) in [5, 5.41) is 6.03. The Balaban J connectivity index is 1.91. The molecular weight excluding hydrogens is 264 g/mol. The first-order valence-electron chi connectivity index (χ1n) is 7.01. The van der Waals surface area contributed by atoms with Crippen LogP contribution in [0.15, 0.2) is 48.5 Å². The molecule has 0 aliphatic heterocycles. The topological polar surface area (TPSA) is 50.4 Å². The van der Waals surface area contributed by atoms with Gasteiger partial charge in [-0.1, -0.05) is 24.3 Å². The van der Waals surface area contributed by atoms with E-state index in [1.807, 2.05) is 36.4 Å². The van der Waals surface area contributed by atoms with Crippen molar-refractivity contribution in [3.63, 3.8) is 0 Å². The molecule has 2 N–H and O–H groups in total. The van der Waals surface area contributed by atoms with Crippen molar-refractivity contribution in [3.8, 4) is 0 Å². The van der Waals surface area contributed by atoms with Gasteiger partial charge in [0.1, 0.15) is 0 Å². The van der Waals surface area contributed by atoms with E-state index < -0.39 is 6.09 Å². The Labute approximate surface area is 125 Å². The predicted octanol–water partition coefficient (Wildman–Crippen LogP) is 4.18. The molecule has 0 saturated heterocycles. The van der Waals surface area contributed by atoms with Gasteiger partial charge in [-0.05, 0) is 49.2 Å². The Bertz CT molecular complexity index is 594. The number of rotatable bonds is 5. The third-order valence-corrected chi connectivity index (χ3v) is 3.15. The summed E-state index contributed by atoms with van der Waals surface area (Å²) < 4.78 is 4.83. The molecular formula is C17H20N2O2. The molecule has 0 bridgehead atoms. The molecule has 0 heterocycles. The van der Waals surface area contributed by atoms with Crippen LogP contribution in [-0.2, 0) is 11.3 Å². The number of nitrogens with one attached hydrogen (secondary N) is 2. The molecule has 0 fully saturated rings. The van der Waals surface area contributed by atoms with E-state index in [4.69, 9.17) is 4.74 Å². The molecule has 2 aromatic rings. The van der Waals surface area contributed by atoms with Crippen LogP contribution in [0, 0.1) is 6.92 Å². The average molecular weight is 284 g/mol. The molecule has 4 nitrogen and oxygen atoms in total. The fourth-order valence-electron chi connectivity index (χ4n) is 1.96. The molecule has 0 saturated carbocycles. The minimum atomic E-state index is -0.432. The summed E-state index contributed by atoms with van der Waals surface area (Å²) in [5.74, 6) is 0. The van der Waals surface area contributed by atoms with Crippen LogP contribution in [0.5, 0.6) is 0 Å². The third kappa shape index (κ3) is 4.53. The van der Waals surface area contributed by atoms with Gasteiger partial charge in [-0.25, -0.2) is 4.79 Å². The summed E-state index contributed by atoms with van der Waals surface area (Å²) in [6.45, 7) is 5.01. The summed E-state index contributed by atoms with van der Waals surface area (Å²) in [6.07, 6.45) is -0.432. The quantitative estimate of drug-likeness (QED) is 0.866. The van der Waals surface area contributed by atoms with Gasteiger partial charge in [0.2, 0.25) is 0 Å². The van der Waals surface area contributed by atoms with Crippen molar-refractivity contribution in [2.45, 2.75) is 20.4 Å². The van der Waals surface area contributed by atoms with Gasteiger partial charge in [0.15, 0.2) is 0 Å². The maximum atomic E-state index is 11.3. The lowest BCUT2D eigenvalue weighted by Crippen LogP contribution is -2.13. The Kier molecular flexibility index (Phi) is 5.21. The molecule has 4 heteroatoms. The molecule has 21 heavy (non-hydrogen) atoms. The van der Waals surface area contributed by atoms with Crippen molar-refractivity contribution in [2.24, 2.45) is 0 Å². The first kappa shape index (κ1) is 14.9. The van der Waals surface area contributed by atoms with E-state index in [-0.39, 0.29) is 0 Å². The lowest BCUT2D eigenvalue weighted by Gasteiger charge is -2.10. The van der Waals surface area contributed by atoms with Crippen LogP contribution in [0.2, 0.25) is 0 Å². The largest absolute Gasteiger partial charge is 0.450 e. The standard InChI is InChI=1S/C17H20N2O2/c1-3-21-17(20)19-16-10-8-15(9-11-16)18-12-14-7-5-4-6-13(14)2/h4-11,18H,3,12H2,1-2H3,(H,19,20). The highest BCUT2D eigenvalue weighted by atomic mass is 16.5. The van der Waals surface area contributed by atoms with E-state index in [0.29, 0.717) is 6.61 Å². The van der Waals surface area contributed by atoms with E-state index in [0.717, 1.165) is 17.9 Å². The number of anilines is 2. The maximum Gasteiger partial charge on any atom is 0.411 e. The lowest BCUT2D eigenvalue weighted by molar-refractivity contribution is 0.168. The molecule has 0 aliphatic rings. The molecule has 0 radical (unpaired) electrons. The second-order valence-electron chi connectivity index (χ2n) is 4.70. The zero-order chi connectivity index (χ0) is 15.1. The highest BCUT2D eigenvalue weighted by Crippen LogP contribution is 2.15. The molecule has 0 unspecified atom stereocenters. The van der Waals surface area contributed by atoms with Crippen molar-refractivity contribution in [1.29, 1.82) is 0 Å².